The molecule has 0 aliphatic rings. The van der Waals surface area contributed by atoms with Gasteiger partial charge in [0.2, 0.25) is 0 Å². The molecule has 3 amide bonds. The summed E-state index contributed by atoms with van der Waals surface area (Å²) in [4.78, 5) is 40.3. The van der Waals surface area contributed by atoms with Gasteiger partial charge in [0.05, 0.1) is 37.9 Å². The molecule has 0 aromatic heterocycles. The van der Waals surface area contributed by atoms with Crippen LogP contribution in [0.4, 0.5) is 0 Å². The first-order valence-corrected chi connectivity index (χ1v) is 14.9. The fourth-order valence-electron chi connectivity index (χ4n) is 5.01. The van der Waals surface area contributed by atoms with Gasteiger partial charge in [0.1, 0.15) is 0 Å². The van der Waals surface area contributed by atoms with E-state index in [-0.39, 0.29) is 36.5 Å². The third-order valence-corrected chi connectivity index (χ3v) is 7.36. The van der Waals surface area contributed by atoms with Crippen LogP contribution in [-0.2, 0) is 19.3 Å². The highest BCUT2D eigenvalue weighted by Crippen LogP contribution is 2.15. The van der Waals surface area contributed by atoms with Crippen molar-refractivity contribution in [3.8, 4) is 0 Å². The molecule has 9 nitrogen and oxygen atoms in total. The molecular formula is C36H39N3O6. The topological polar surface area (TPSA) is 148 Å². The van der Waals surface area contributed by atoms with E-state index >= 15 is 0 Å². The minimum atomic E-state index is -0.607. The molecule has 0 unspecified atom stereocenters. The lowest BCUT2D eigenvalue weighted by atomic mass is 10.0. The van der Waals surface area contributed by atoms with Crippen LogP contribution in [0.25, 0.3) is 0 Å². The highest BCUT2D eigenvalue weighted by Gasteiger charge is 2.22. The zero-order valence-electron chi connectivity index (χ0n) is 24.9. The molecule has 4 rings (SSSR count). The largest absolute Gasteiger partial charge is 0.394 e. The standard InChI is InChI=1S/C36H39N3O6/c40-22-31(16-25-10-4-1-5-11-25)37-34(43)28-19-29(35(44)38-32(23-41)17-26-12-6-2-7-13-26)21-30(20-28)36(45)39-33(24-42)18-27-14-8-3-9-15-27/h1-15,19-21,31-33,40-42H,16-18,22-24H2,(H,37,43)(H,38,44)(H,39,45)/t31-,32-,33-/m1/s1. The maximum atomic E-state index is 13.4. The molecule has 0 spiro atoms. The third kappa shape index (κ3) is 10.1. The van der Waals surface area contributed by atoms with Gasteiger partial charge >= 0.3 is 0 Å². The minimum Gasteiger partial charge on any atom is -0.394 e. The molecule has 3 atom stereocenters. The number of hydrogen-bond donors (Lipinski definition) is 6. The van der Waals surface area contributed by atoms with Gasteiger partial charge in [-0.05, 0) is 54.2 Å². The molecule has 9 heteroatoms. The van der Waals surface area contributed by atoms with Crippen LogP contribution in [0.15, 0.2) is 109 Å². The van der Waals surface area contributed by atoms with Crippen LogP contribution < -0.4 is 16.0 Å². The van der Waals surface area contributed by atoms with Crippen LogP contribution in [0, 0.1) is 0 Å². The van der Waals surface area contributed by atoms with E-state index in [4.69, 9.17) is 0 Å². The van der Waals surface area contributed by atoms with Crippen molar-refractivity contribution in [1.82, 2.24) is 16.0 Å². The van der Waals surface area contributed by atoms with Gasteiger partial charge in [-0.2, -0.15) is 0 Å². The Morgan fingerprint density at radius 3 is 0.911 bits per heavy atom. The first-order valence-electron chi connectivity index (χ1n) is 14.9. The number of carbonyl (C=O) groups excluding carboxylic acids is 3. The average molecular weight is 610 g/mol. The van der Waals surface area contributed by atoms with Gasteiger partial charge in [-0.3, -0.25) is 14.4 Å². The Kier molecular flexibility index (Phi) is 12.4. The van der Waals surface area contributed by atoms with Crippen molar-refractivity contribution in [2.75, 3.05) is 19.8 Å². The summed E-state index contributed by atoms with van der Waals surface area (Å²) in [5, 5.41) is 38.3. The molecule has 0 bridgehead atoms. The smallest absolute Gasteiger partial charge is 0.251 e. The molecule has 4 aromatic carbocycles. The Balaban J connectivity index is 1.57. The van der Waals surface area contributed by atoms with Crippen molar-refractivity contribution in [1.29, 1.82) is 0 Å². The summed E-state index contributed by atoms with van der Waals surface area (Å²) in [6, 6.07) is 30.5. The van der Waals surface area contributed by atoms with Crippen LogP contribution in [0.3, 0.4) is 0 Å². The monoisotopic (exact) mass is 609 g/mol. The number of hydrogen-bond acceptors (Lipinski definition) is 6. The van der Waals surface area contributed by atoms with Gasteiger partial charge in [0.25, 0.3) is 17.7 Å². The highest BCUT2D eigenvalue weighted by molar-refractivity contribution is 6.04. The third-order valence-electron chi connectivity index (χ3n) is 7.36. The molecule has 4 aromatic rings. The summed E-state index contributed by atoms with van der Waals surface area (Å²) in [7, 11) is 0. The predicted molar refractivity (Wildman–Crippen MR) is 172 cm³/mol. The van der Waals surface area contributed by atoms with Crippen molar-refractivity contribution >= 4 is 17.7 Å². The minimum absolute atomic E-state index is 0.0477. The van der Waals surface area contributed by atoms with E-state index in [9.17, 15) is 29.7 Å². The van der Waals surface area contributed by atoms with E-state index in [0.717, 1.165) is 16.7 Å². The number of carbonyl (C=O) groups is 3. The van der Waals surface area contributed by atoms with Gasteiger partial charge < -0.3 is 31.3 Å². The van der Waals surface area contributed by atoms with Gasteiger partial charge in [0.15, 0.2) is 0 Å². The summed E-state index contributed by atoms with van der Waals surface area (Å²) >= 11 is 0. The van der Waals surface area contributed by atoms with Gasteiger partial charge in [-0.15, -0.1) is 0 Å². The van der Waals surface area contributed by atoms with E-state index in [1.807, 2.05) is 91.0 Å². The Labute approximate surface area is 262 Å². The summed E-state index contributed by atoms with van der Waals surface area (Å²) in [5.74, 6) is -1.71. The number of amides is 3. The normalized spacial score (nSPS) is 12.9. The molecule has 45 heavy (non-hydrogen) atoms. The average Bonchev–Trinajstić information content (AvgIpc) is 3.08. The molecule has 6 N–H and O–H groups in total. The zero-order valence-corrected chi connectivity index (χ0v) is 24.9. The van der Waals surface area contributed by atoms with Gasteiger partial charge in [-0.25, -0.2) is 0 Å². The first kappa shape index (κ1) is 33.1. The maximum Gasteiger partial charge on any atom is 0.251 e. The van der Waals surface area contributed by atoms with Crippen molar-refractivity contribution < 1.29 is 29.7 Å². The molecule has 0 saturated heterocycles. The Hall–Kier alpha value is -4.83. The number of benzene rings is 4. The van der Waals surface area contributed by atoms with Gasteiger partial charge in [0, 0.05) is 16.7 Å². The second-order valence-electron chi connectivity index (χ2n) is 10.9. The van der Waals surface area contributed by atoms with E-state index in [1.165, 1.54) is 18.2 Å². The van der Waals surface area contributed by atoms with E-state index in [2.05, 4.69) is 16.0 Å². The number of aliphatic hydroxyl groups is 3. The summed E-state index contributed by atoms with van der Waals surface area (Å²) in [6.07, 6.45) is 1.14. The maximum absolute atomic E-state index is 13.4. The van der Waals surface area contributed by atoms with Crippen LogP contribution in [0.5, 0.6) is 0 Å². The van der Waals surface area contributed by atoms with E-state index in [0.29, 0.717) is 19.3 Å². The van der Waals surface area contributed by atoms with Crippen LogP contribution in [0.1, 0.15) is 47.8 Å². The Morgan fingerprint density at radius 1 is 0.444 bits per heavy atom. The lowest BCUT2D eigenvalue weighted by Gasteiger charge is -2.20. The summed E-state index contributed by atoms with van der Waals surface area (Å²) in [6.45, 7) is -0.948. The number of rotatable bonds is 15. The number of nitrogens with one attached hydrogen (secondary N) is 3. The first-order chi connectivity index (χ1) is 21.9. The second kappa shape index (κ2) is 16.9. The molecule has 234 valence electrons. The van der Waals surface area contributed by atoms with Crippen LogP contribution in [0.2, 0.25) is 0 Å². The second-order valence-corrected chi connectivity index (χ2v) is 10.9. The Bertz CT molecular complexity index is 1340. The number of aliphatic hydroxyl groups excluding tert-OH is 3. The summed E-state index contributed by atoms with van der Waals surface area (Å²) in [5.41, 5.74) is 2.91. The molecular weight excluding hydrogens is 570 g/mol. The molecule has 0 fully saturated rings. The molecule has 0 heterocycles. The highest BCUT2D eigenvalue weighted by atomic mass is 16.3. The van der Waals surface area contributed by atoms with Crippen molar-refractivity contribution in [3.05, 3.63) is 143 Å². The molecule has 0 radical (unpaired) electrons. The van der Waals surface area contributed by atoms with Crippen molar-refractivity contribution in [2.45, 2.75) is 37.4 Å². The quantitative estimate of drug-likeness (QED) is 0.122. The molecule has 0 saturated carbocycles. The predicted octanol–water partition coefficient (Wildman–Crippen LogP) is 2.69. The van der Waals surface area contributed by atoms with Crippen LogP contribution >= 0.6 is 0 Å². The van der Waals surface area contributed by atoms with Crippen LogP contribution in [-0.4, -0.2) is 71.0 Å². The summed E-state index contributed by atoms with van der Waals surface area (Å²) < 4.78 is 0. The molecule has 0 aliphatic carbocycles. The Morgan fingerprint density at radius 2 is 0.689 bits per heavy atom. The lowest BCUT2D eigenvalue weighted by Crippen LogP contribution is -2.41. The van der Waals surface area contributed by atoms with E-state index < -0.39 is 35.8 Å². The molecule has 0 aliphatic heterocycles. The van der Waals surface area contributed by atoms with Gasteiger partial charge in [-0.1, -0.05) is 91.0 Å². The SMILES string of the molecule is O=C(N[C@@H](CO)Cc1ccccc1)c1cc(C(=O)N[C@@H](CO)Cc2ccccc2)cc(C(=O)N[C@@H](CO)Cc2ccccc2)c1. The zero-order chi connectivity index (χ0) is 32.0. The van der Waals surface area contributed by atoms with Crippen molar-refractivity contribution in [2.24, 2.45) is 0 Å². The fourth-order valence-corrected chi connectivity index (χ4v) is 5.01. The fraction of sp³-hybridized carbons (Fsp3) is 0.250. The van der Waals surface area contributed by atoms with E-state index in [1.54, 1.807) is 0 Å². The lowest BCUT2D eigenvalue weighted by molar-refractivity contribution is 0.0916. The van der Waals surface area contributed by atoms with Crippen molar-refractivity contribution in [3.63, 3.8) is 0 Å².